The zero-order chi connectivity index (χ0) is 17.1. The van der Waals surface area contributed by atoms with Crippen LogP contribution in [0.15, 0.2) is 42.7 Å². The van der Waals surface area contributed by atoms with Gasteiger partial charge in [-0.3, -0.25) is 14.6 Å². The molecule has 1 aromatic heterocycles. The second kappa shape index (κ2) is 6.78. The van der Waals surface area contributed by atoms with Crippen molar-refractivity contribution in [3.8, 4) is 0 Å². The summed E-state index contributed by atoms with van der Waals surface area (Å²) < 4.78 is 13.6. The van der Waals surface area contributed by atoms with Crippen molar-refractivity contribution in [2.75, 3.05) is 26.2 Å². The zero-order valence-corrected chi connectivity index (χ0v) is 13.4. The van der Waals surface area contributed by atoms with E-state index in [2.05, 4.69) is 4.98 Å². The van der Waals surface area contributed by atoms with Crippen molar-refractivity contribution in [2.24, 2.45) is 0 Å². The number of carbonyl (C=O) groups is 2. The second-order valence-electron chi connectivity index (χ2n) is 5.78. The predicted molar refractivity (Wildman–Crippen MR) is 87.2 cm³/mol. The number of halogens is 1. The third-order valence-electron chi connectivity index (χ3n) is 4.20. The van der Waals surface area contributed by atoms with Gasteiger partial charge in [-0.1, -0.05) is 6.07 Å². The van der Waals surface area contributed by atoms with Gasteiger partial charge in [-0.2, -0.15) is 0 Å². The maximum Gasteiger partial charge on any atom is 0.254 e. The van der Waals surface area contributed by atoms with Crippen LogP contribution in [-0.4, -0.2) is 52.8 Å². The molecule has 0 saturated carbocycles. The lowest BCUT2D eigenvalue weighted by atomic mass is 10.1. The van der Waals surface area contributed by atoms with Gasteiger partial charge in [-0.15, -0.1) is 0 Å². The fourth-order valence-electron chi connectivity index (χ4n) is 2.70. The molecule has 1 saturated heterocycles. The van der Waals surface area contributed by atoms with Crippen LogP contribution in [-0.2, 0) is 0 Å². The predicted octanol–water partition coefficient (Wildman–Crippen LogP) is 2.13. The minimum absolute atomic E-state index is 0.0640. The molecule has 124 valence electrons. The molecule has 24 heavy (non-hydrogen) atoms. The molecule has 2 heterocycles. The average Bonchev–Trinajstić information content (AvgIpc) is 2.63. The van der Waals surface area contributed by atoms with Crippen molar-refractivity contribution in [1.82, 2.24) is 14.8 Å². The number of benzene rings is 1. The number of amides is 2. The summed E-state index contributed by atoms with van der Waals surface area (Å²) in [5.74, 6) is -0.650. The molecule has 0 unspecified atom stereocenters. The molecular weight excluding hydrogens is 309 g/mol. The van der Waals surface area contributed by atoms with Gasteiger partial charge in [0.15, 0.2) is 0 Å². The van der Waals surface area contributed by atoms with Gasteiger partial charge < -0.3 is 9.80 Å². The molecule has 1 fully saturated rings. The Hall–Kier alpha value is -2.76. The highest BCUT2D eigenvalue weighted by atomic mass is 19.1. The number of nitrogens with zero attached hydrogens (tertiary/aromatic N) is 3. The molecule has 1 aliphatic heterocycles. The van der Waals surface area contributed by atoms with E-state index in [9.17, 15) is 14.0 Å². The lowest BCUT2D eigenvalue weighted by Gasteiger charge is -2.34. The van der Waals surface area contributed by atoms with Crippen LogP contribution in [0.3, 0.4) is 0 Å². The third-order valence-corrected chi connectivity index (χ3v) is 4.20. The fraction of sp³-hybridized carbons (Fsp3) is 0.278. The number of hydrogen-bond donors (Lipinski definition) is 0. The first-order valence-electron chi connectivity index (χ1n) is 7.81. The van der Waals surface area contributed by atoms with E-state index in [0.717, 1.165) is 0 Å². The second-order valence-corrected chi connectivity index (χ2v) is 5.78. The normalized spacial score (nSPS) is 14.6. The van der Waals surface area contributed by atoms with Crippen molar-refractivity contribution in [3.63, 3.8) is 0 Å². The summed E-state index contributed by atoms with van der Waals surface area (Å²) in [6, 6.07) is 7.86. The quantitative estimate of drug-likeness (QED) is 0.849. The summed E-state index contributed by atoms with van der Waals surface area (Å²) in [4.78, 5) is 32.1. The van der Waals surface area contributed by atoms with Crippen LogP contribution >= 0.6 is 0 Å². The highest BCUT2D eigenvalue weighted by Gasteiger charge is 2.25. The molecule has 0 aliphatic carbocycles. The van der Waals surface area contributed by atoms with Crippen LogP contribution in [0.5, 0.6) is 0 Å². The standard InChI is InChI=1S/C18H18FN3O2/c1-13-2-3-15(12-16(13)19)18(24)22-10-8-21(9-11-22)17(23)14-4-6-20-7-5-14/h2-7,12H,8-11H2,1H3. The molecule has 0 N–H and O–H groups in total. The Bertz CT molecular complexity index is 756. The highest BCUT2D eigenvalue weighted by Crippen LogP contribution is 2.14. The first kappa shape index (κ1) is 16.1. The topological polar surface area (TPSA) is 53.5 Å². The lowest BCUT2D eigenvalue weighted by molar-refractivity contribution is 0.0535. The molecule has 2 amide bonds. The Labute approximate surface area is 139 Å². The summed E-state index contributed by atoms with van der Waals surface area (Å²) in [6.45, 7) is 3.45. The van der Waals surface area contributed by atoms with Crippen LogP contribution in [0.1, 0.15) is 26.3 Å². The summed E-state index contributed by atoms with van der Waals surface area (Å²) in [6.07, 6.45) is 3.16. The maximum absolute atomic E-state index is 13.6. The molecule has 0 atom stereocenters. The van der Waals surface area contributed by atoms with E-state index in [1.54, 1.807) is 53.4 Å². The van der Waals surface area contributed by atoms with E-state index in [1.165, 1.54) is 6.07 Å². The van der Waals surface area contributed by atoms with E-state index in [0.29, 0.717) is 42.9 Å². The molecule has 0 radical (unpaired) electrons. The van der Waals surface area contributed by atoms with Gasteiger partial charge in [0.25, 0.3) is 11.8 Å². The Morgan fingerprint density at radius 2 is 1.46 bits per heavy atom. The molecule has 6 heteroatoms. The van der Waals surface area contributed by atoms with Crippen LogP contribution in [0, 0.1) is 12.7 Å². The SMILES string of the molecule is Cc1ccc(C(=O)N2CCN(C(=O)c3ccncc3)CC2)cc1F. The Balaban J connectivity index is 1.63. The Morgan fingerprint density at radius 1 is 0.917 bits per heavy atom. The van der Waals surface area contributed by atoms with E-state index in [-0.39, 0.29) is 17.6 Å². The number of aromatic nitrogens is 1. The highest BCUT2D eigenvalue weighted by molar-refractivity contribution is 5.96. The first-order valence-corrected chi connectivity index (χ1v) is 7.81. The molecule has 3 rings (SSSR count). The minimum atomic E-state index is -0.382. The van der Waals surface area contributed by atoms with Crippen LogP contribution in [0.4, 0.5) is 4.39 Å². The van der Waals surface area contributed by atoms with Crippen LogP contribution in [0.2, 0.25) is 0 Å². The summed E-state index contributed by atoms with van der Waals surface area (Å²) >= 11 is 0. The van der Waals surface area contributed by atoms with Crippen molar-refractivity contribution in [3.05, 3.63) is 65.2 Å². The fourth-order valence-corrected chi connectivity index (χ4v) is 2.70. The zero-order valence-electron chi connectivity index (χ0n) is 13.4. The van der Waals surface area contributed by atoms with E-state index in [1.807, 2.05) is 0 Å². The smallest absolute Gasteiger partial charge is 0.254 e. The summed E-state index contributed by atoms with van der Waals surface area (Å²) in [5.41, 5.74) is 1.44. The largest absolute Gasteiger partial charge is 0.335 e. The minimum Gasteiger partial charge on any atom is -0.335 e. The number of carbonyl (C=O) groups excluding carboxylic acids is 2. The average molecular weight is 327 g/mol. The van der Waals surface area contributed by atoms with Gasteiger partial charge >= 0.3 is 0 Å². The number of hydrogen-bond acceptors (Lipinski definition) is 3. The van der Waals surface area contributed by atoms with Gasteiger partial charge in [0.05, 0.1) is 0 Å². The number of piperazine rings is 1. The first-order chi connectivity index (χ1) is 11.6. The van der Waals surface area contributed by atoms with Gasteiger partial charge in [-0.25, -0.2) is 4.39 Å². The summed E-state index contributed by atoms with van der Waals surface area (Å²) in [7, 11) is 0. The molecule has 2 aromatic rings. The van der Waals surface area contributed by atoms with Crippen molar-refractivity contribution in [2.45, 2.75) is 6.92 Å². The maximum atomic E-state index is 13.6. The van der Waals surface area contributed by atoms with E-state index < -0.39 is 0 Å². The van der Waals surface area contributed by atoms with E-state index >= 15 is 0 Å². The van der Waals surface area contributed by atoms with Crippen molar-refractivity contribution < 1.29 is 14.0 Å². The number of rotatable bonds is 2. The molecule has 0 bridgehead atoms. The van der Waals surface area contributed by atoms with Gasteiger partial charge in [0.1, 0.15) is 5.82 Å². The van der Waals surface area contributed by atoms with Gasteiger partial charge in [0.2, 0.25) is 0 Å². The van der Waals surface area contributed by atoms with E-state index in [4.69, 9.17) is 0 Å². The molecule has 1 aliphatic rings. The molecule has 1 aromatic carbocycles. The number of pyridine rings is 1. The monoisotopic (exact) mass is 327 g/mol. The van der Waals surface area contributed by atoms with Crippen LogP contribution in [0.25, 0.3) is 0 Å². The molecule has 0 spiro atoms. The molecular formula is C18H18FN3O2. The molecule has 5 nitrogen and oxygen atoms in total. The lowest BCUT2D eigenvalue weighted by Crippen LogP contribution is -2.50. The van der Waals surface area contributed by atoms with Gasteiger partial charge in [-0.05, 0) is 36.8 Å². The number of aryl methyl sites for hydroxylation is 1. The summed E-state index contributed by atoms with van der Waals surface area (Å²) in [5, 5.41) is 0. The van der Waals surface area contributed by atoms with Crippen molar-refractivity contribution >= 4 is 11.8 Å². The Morgan fingerprint density at radius 3 is 2.00 bits per heavy atom. The third kappa shape index (κ3) is 3.27. The van der Waals surface area contributed by atoms with Crippen molar-refractivity contribution in [1.29, 1.82) is 0 Å². The Kier molecular flexibility index (Phi) is 4.55. The van der Waals surface area contributed by atoms with Crippen LogP contribution < -0.4 is 0 Å². The van der Waals surface area contributed by atoms with Gasteiger partial charge in [0, 0.05) is 49.7 Å².